The summed E-state index contributed by atoms with van der Waals surface area (Å²) in [6.07, 6.45) is 0. The van der Waals surface area contributed by atoms with Crippen LogP contribution in [0.3, 0.4) is 0 Å². The van der Waals surface area contributed by atoms with Gasteiger partial charge in [0, 0.05) is 16.3 Å². The van der Waals surface area contributed by atoms with Crippen molar-refractivity contribution in [2.75, 3.05) is 10.6 Å². The lowest BCUT2D eigenvalue weighted by molar-refractivity contribution is 0.262. The first kappa shape index (κ1) is 16.7. The number of carbonyl (C=O) groups excluding carboxylic acids is 1. The molecule has 24 heavy (non-hydrogen) atoms. The summed E-state index contributed by atoms with van der Waals surface area (Å²) in [5.41, 5.74) is 2.53. The molecule has 0 saturated carbocycles. The molecule has 0 fully saturated rings. The van der Waals surface area contributed by atoms with Crippen LogP contribution >= 0.6 is 34.5 Å². The van der Waals surface area contributed by atoms with Crippen molar-refractivity contribution in [2.45, 2.75) is 6.92 Å². The van der Waals surface area contributed by atoms with Crippen molar-refractivity contribution in [2.24, 2.45) is 0 Å². The monoisotopic (exact) mass is 378 g/mol. The van der Waals surface area contributed by atoms with Gasteiger partial charge < -0.3 is 5.32 Å². The van der Waals surface area contributed by atoms with Crippen molar-refractivity contribution in [1.82, 2.24) is 10.2 Å². The molecule has 1 heterocycles. The van der Waals surface area contributed by atoms with Crippen molar-refractivity contribution >= 4 is 51.4 Å². The van der Waals surface area contributed by atoms with E-state index < -0.39 is 0 Å². The van der Waals surface area contributed by atoms with E-state index in [4.69, 9.17) is 23.2 Å². The molecular weight excluding hydrogens is 367 g/mol. The second kappa shape index (κ2) is 7.17. The second-order valence-corrected chi connectivity index (χ2v) is 6.80. The molecule has 3 aromatic rings. The lowest BCUT2D eigenvalue weighted by atomic mass is 10.2. The molecule has 0 radical (unpaired) electrons. The fourth-order valence-corrected chi connectivity index (χ4v) is 3.27. The number of benzene rings is 2. The number of rotatable bonds is 3. The third-order valence-electron chi connectivity index (χ3n) is 3.12. The van der Waals surface area contributed by atoms with Gasteiger partial charge in [0.1, 0.15) is 0 Å². The molecule has 0 unspecified atom stereocenters. The van der Waals surface area contributed by atoms with Crippen LogP contribution < -0.4 is 10.6 Å². The van der Waals surface area contributed by atoms with Crippen LogP contribution in [-0.4, -0.2) is 16.2 Å². The minimum atomic E-state index is -0.385. The smallest absolute Gasteiger partial charge is 0.308 e. The number of hydrogen-bond acceptors (Lipinski definition) is 4. The molecule has 0 atom stereocenters. The number of halogens is 2. The zero-order valence-electron chi connectivity index (χ0n) is 12.5. The zero-order chi connectivity index (χ0) is 17.1. The van der Waals surface area contributed by atoms with Gasteiger partial charge in [0.25, 0.3) is 0 Å². The van der Waals surface area contributed by atoms with Gasteiger partial charge in [0.15, 0.2) is 5.01 Å². The second-order valence-electron chi connectivity index (χ2n) is 4.98. The maximum atomic E-state index is 12.0. The number of amides is 2. The number of hydrogen-bond donors (Lipinski definition) is 2. The number of carbonyl (C=O) groups is 1. The molecule has 0 spiro atoms. The zero-order valence-corrected chi connectivity index (χ0v) is 14.8. The van der Waals surface area contributed by atoms with Crippen molar-refractivity contribution in [3.05, 3.63) is 58.1 Å². The standard InChI is InChI=1S/C16H12Cl2N4OS/c1-9-2-5-11(6-3-9)19-15(23)20-16-22-21-14(24-16)12-7-4-10(17)8-13(12)18/h2-8H,1H3,(H2,19,20,22,23). The Kier molecular flexibility index (Phi) is 4.99. The van der Waals surface area contributed by atoms with Crippen LogP contribution in [-0.2, 0) is 0 Å². The quantitative estimate of drug-likeness (QED) is 0.635. The van der Waals surface area contributed by atoms with Crippen LogP contribution in [0.4, 0.5) is 15.6 Å². The van der Waals surface area contributed by atoms with E-state index in [2.05, 4.69) is 20.8 Å². The highest BCUT2D eigenvalue weighted by Gasteiger charge is 2.12. The number of anilines is 2. The van der Waals surface area contributed by atoms with Gasteiger partial charge in [-0.1, -0.05) is 52.2 Å². The highest BCUT2D eigenvalue weighted by atomic mass is 35.5. The van der Waals surface area contributed by atoms with Crippen molar-refractivity contribution in [3.63, 3.8) is 0 Å². The first-order valence-corrected chi connectivity index (χ1v) is 8.52. The molecule has 2 amide bonds. The van der Waals surface area contributed by atoms with Crippen molar-refractivity contribution < 1.29 is 4.79 Å². The van der Waals surface area contributed by atoms with Crippen LogP contribution in [0, 0.1) is 6.92 Å². The van der Waals surface area contributed by atoms with Gasteiger partial charge in [-0.2, -0.15) is 0 Å². The van der Waals surface area contributed by atoms with Gasteiger partial charge in [0.05, 0.1) is 5.02 Å². The summed E-state index contributed by atoms with van der Waals surface area (Å²) in [4.78, 5) is 12.0. The third-order valence-corrected chi connectivity index (χ3v) is 4.54. The number of nitrogens with zero attached hydrogens (tertiary/aromatic N) is 2. The molecular formula is C16H12Cl2N4OS. The van der Waals surface area contributed by atoms with Gasteiger partial charge in [-0.25, -0.2) is 4.79 Å². The summed E-state index contributed by atoms with van der Waals surface area (Å²) in [7, 11) is 0. The molecule has 0 aliphatic rings. The van der Waals surface area contributed by atoms with Crippen molar-refractivity contribution in [3.8, 4) is 10.6 Å². The number of urea groups is 1. The molecule has 1 aromatic heterocycles. The maximum absolute atomic E-state index is 12.0. The predicted octanol–water partition coefficient (Wildman–Crippen LogP) is 5.46. The average molecular weight is 379 g/mol. The molecule has 0 aliphatic carbocycles. The molecule has 0 aliphatic heterocycles. The van der Waals surface area contributed by atoms with Crippen LogP contribution in [0.2, 0.25) is 10.0 Å². The van der Waals surface area contributed by atoms with E-state index >= 15 is 0 Å². The van der Waals surface area contributed by atoms with E-state index in [1.54, 1.807) is 18.2 Å². The molecule has 0 bridgehead atoms. The number of aryl methyl sites for hydroxylation is 1. The topological polar surface area (TPSA) is 66.9 Å². The Labute approximate surface area is 152 Å². The first-order valence-electron chi connectivity index (χ1n) is 6.95. The average Bonchev–Trinajstić information content (AvgIpc) is 2.97. The fraction of sp³-hybridized carbons (Fsp3) is 0.0625. The molecule has 5 nitrogen and oxygen atoms in total. The highest BCUT2D eigenvalue weighted by molar-refractivity contribution is 7.18. The van der Waals surface area contributed by atoms with E-state index in [0.717, 1.165) is 5.56 Å². The number of aromatic nitrogens is 2. The SMILES string of the molecule is Cc1ccc(NC(=O)Nc2nnc(-c3ccc(Cl)cc3Cl)s2)cc1. The summed E-state index contributed by atoms with van der Waals surface area (Å²) < 4.78 is 0. The highest BCUT2D eigenvalue weighted by Crippen LogP contribution is 2.33. The summed E-state index contributed by atoms with van der Waals surface area (Å²) >= 11 is 13.3. The minimum Gasteiger partial charge on any atom is -0.308 e. The predicted molar refractivity (Wildman–Crippen MR) is 99.2 cm³/mol. The normalized spacial score (nSPS) is 10.5. The van der Waals surface area contributed by atoms with E-state index in [9.17, 15) is 4.79 Å². The Hall–Kier alpha value is -2.15. The largest absolute Gasteiger partial charge is 0.325 e. The summed E-state index contributed by atoms with van der Waals surface area (Å²) in [5.74, 6) is 0. The molecule has 122 valence electrons. The number of nitrogens with one attached hydrogen (secondary N) is 2. The summed E-state index contributed by atoms with van der Waals surface area (Å²) in [6.45, 7) is 1.98. The fourth-order valence-electron chi connectivity index (χ4n) is 1.94. The van der Waals surface area contributed by atoms with E-state index in [1.807, 2.05) is 31.2 Å². The molecule has 2 N–H and O–H groups in total. The Balaban J connectivity index is 1.69. The Morgan fingerprint density at radius 2 is 1.79 bits per heavy atom. The minimum absolute atomic E-state index is 0.376. The summed E-state index contributed by atoms with van der Waals surface area (Å²) in [5, 5.41) is 15.4. The molecule has 8 heteroatoms. The van der Waals surface area contributed by atoms with Crippen LogP contribution in [0.25, 0.3) is 10.6 Å². The lowest BCUT2D eigenvalue weighted by Crippen LogP contribution is -2.19. The third kappa shape index (κ3) is 4.03. The summed E-state index contributed by atoms with van der Waals surface area (Å²) in [6, 6.07) is 12.2. The van der Waals surface area contributed by atoms with Gasteiger partial charge in [0.2, 0.25) is 5.13 Å². The van der Waals surface area contributed by atoms with Gasteiger partial charge in [-0.3, -0.25) is 5.32 Å². The Bertz CT molecular complexity index is 880. The first-order chi connectivity index (χ1) is 11.5. The van der Waals surface area contributed by atoms with Crippen molar-refractivity contribution in [1.29, 1.82) is 0 Å². The van der Waals surface area contributed by atoms with Gasteiger partial charge in [-0.15, -0.1) is 10.2 Å². The van der Waals surface area contributed by atoms with Gasteiger partial charge in [-0.05, 0) is 37.3 Å². The van der Waals surface area contributed by atoms with Crippen LogP contribution in [0.5, 0.6) is 0 Å². The van der Waals surface area contributed by atoms with Gasteiger partial charge >= 0.3 is 6.03 Å². The Morgan fingerprint density at radius 1 is 1.04 bits per heavy atom. The molecule has 3 rings (SSSR count). The van der Waals surface area contributed by atoms with Crippen LogP contribution in [0.15, 0.2) is 42.5 Å². The lowest BCUT2D eigenvalue weighted by Gasteiger charge is -2.05. The van der Waals surface area contributed by atoms with Crippen LogP contribution in [0.1, 0.15) is 5.56 Å². The van der Waals surface area contributed by atoms with E-state index in [0.29, 0.717) is 31.4 Å². The molecule has 2 aromatic carbocycles. The Morgan fingerprint density at radius 3 is 2.50 bits per heavy atom. The molecule has 0 saturated heterocycles. The van der Waals surface area contributed by atoms with E-state index in [1.165, 1.54) is 11.3 Å². The van der Waals surface area contributed by atoms with E-state index in [-0.39, 0.29) is 6.03 Å². The maximum Gasteiger partial charge on any atom is 0.325 e.